The van der Waals surface area contributed by atoms with Crippen molar-refractivity contribution in [3.8, 4) is 5.75 Å². The summed E-state index contributed by atoms with van der Waals surface area (Å²) < 4.78 is 5.58. The number of anilines is 1. The Morgan fingerprint density at radius 2 is 1.39 bits per heavy atom. The molecule has 1 saturated heterocycles. The first-order valence-electron chi connectivity index (χ1n) is 10.5. The molecule has 5 heteroatoms. The zero-order valence-electron chi connectivity index (χ0n) is 18.2. The standard InChI is InChI=1S/C26H30N2O.2ClH/c1-21-12-14-22(15-13-21)20-25(23-8-4-3-5-9-23)28-18-16-27(17-19-28)24-10-6-7-11-26(24)29-2;;/h3-15,25H,16-20H2,1-2H3;2*1H. The number of hydrogen-bond donors (Lipinski definition) is 0. The van der Waals surface area contributed by atoms with Crippen LogP contribution in [0.3, 0.4) is 0 Å². The van der Waals surface area contributed by atoms with E-state index in [1.54, 1.807) is 7.11 Å². The van der Waals surface area contributed by atoms with Gasteiger partial charge in [0.05, 0.1) is 12.8 Å². The predicted molar refractivity (Wildman–Crippen MR) is 135 cm³/mol. The van der Waals surface area contributed by atoms with Crippen LogP contribution >= 0.6 is 24.8 Å². The topological polar surface area (TPSA) is 15.7 Å². The third-order valence-electron chi connectivity index (χ3n) is 5.91. The molecule has 31 heavy (non-hydrogen) atoms. The third kappa shape index (κ3) is 6.16. The molecule has 0 aliphatic carbocycles. The SMILES string of the molecule is COc1ccccc1N1CCN(C(Cc2ccc(C)cc2)c2ccccc2)CC1.Cl.Cl. The van der Waals surface area contributed by atoms with Gasteiger partial charge in [0.25, 0.3) is 0 Å². The van der Waals surface area contributed by atoms with Gasteiger partial charge in [-0.15, -0.1) is 24.8 Å². The van der Waals surface area contributed by atoms with Crippen molar-refractivity contribution in [1.29, 1.82) is 0 Å². The summed E-state index contributed by atoms with van der Waals surface area (Å²) in [5, 5.41) is 0. The first-order chi connectivity index (χ1) is 14.2. The maximum atomic E-state index is 5.58. The van der Waals surface area contributed by atoms with Gasteiger partial charge >= 0.3 is 0 Å². The zero-order chi connectivity index (χ0) is 20.1. The van der Waals surface area contributed by atoms with Crippen molar-refractivity contribution in [1.82, 2.24) is 4.90 Å². The minimum Gasteiger partial charge on any atom is -0.495 e. The Labute approximate surface area is 198 Å². The summed E-state index contributed by atoms with van der Waals surface area (Å²) in [4.78, 5) is 5.09. The van der Waals surface area contributed by atoms with Crippen molar-refractivity contribution in [3.05, 3.63) is 95.6 Å². The molecule has 0 bridgehead atoms. The van der Waals surface area contributed by atoms with Gasteiger partial charge in [-0.1, -0.05) is 72.3 Å². The van der Waals surface area contributed by atoms with Gasteiger partial charge in [0, 0.05) is 32.2 Å². The number of para-hydroxylation sites is 2. The molecule has 1 aliphatic rings. The van der Waals surface area contributed by atoms with E-state index in [0.29, 0.717) is 6.04 Å². The quantitative estimate of drug-likeness (QED) is 0.453. The van der Waals surface area contributed by atoms with Crippen LogP contribution in [-0.2, 0) is 6.42 Å². The molecule has 3 nitrogen and oxygen atoms in total. The maximum absolute atomic E-state index is 5.58. The van der Waals surface area contributed by atoms with Crippen molar-refractivity contribution in [2.75, 3.05) is 38.2 Å². The minimum atomic E-state index is 0. The van der Waals surface area contributed by atoms with Gasteiger partial charge in [-0.3, -0.25) is 4.90 Å². The van der Waals surface area contributed by atoms with Gasteiger partial charge in [0.15, 0.2) is 0 Å². The lowest BCUT2D eigenvalue weighted by Crippen LogP contribution is -2.48. The monoisotopic (exact) mass is 458 g/mol. The number of nitrogens with zero attached hydrogens (tertiary/aromatic N) is 2. The lowest BCUT2D eigenvalue weighted by Gasteiger charge is -2.41. The second kappa shape index (κ2) is 12.0. The maximum Gasteiger partial charge on any atom is 0.142 e. The van der Waals surface area contributed by atoms with Gasteiger partial charge in [0.2, 0.25) is 0 Å². The number of rotatable bonds is 6. The molecule has 0 saturated carbocycles. The predicted octanol–water partition coefficient (Wildman–Crippen LogP) is 5.95. The van der Waals surface area contributed by atoms with E-state index in [0.717, 1.165) is 38.3 Å². The summed E-state index contributed by atoms with van der Waals surface area (Å²) in [6.45, 7) is 6.26. The summed E-state index contributed by atoms with van der Waals surface area (Å²) in [6.07, 6.45) is 1.04. The number of ether oxygens (including phenoxy) is 1. The summed E-state index contributed by atoms with van der Waals surface area (Å²) >= 11 is 0. The summed E-state index contributed by atoms with van der Waals surface area (Å²) in [6, 6.07) is 28.7. The van der Waals surface area contributed by atoms with Crippen LogP contribution in [0.4, 0.5) is 5.69 Å². The molecule has 1 heterocycles. The summed E-state index contributed by atoms with van der Waals surface area (Å²) in [5.41, 5.74) is 5.32. The Morgan fingerprint density at radius 3 is 2.03 bits per heavy atom. The van der Waals surface area contributed by atoms with Crippen LogP contribution < -0.4 is 9.64 Å². The molecular weight excluding hydrogens is 427 g/mol. The number of piperazine rings is 1. The molecule has 1 atom stereocenters. The van der Waals surface area contributed by atoms with Gasteiger partial charge in [-0.2, -0.15) is 0 Å². The molecule has 0 amide bonds. The molecule has 0 radical (unpaired) electrons. The zero-order valence-corrected chi connectivity index (χ0v) is 19.9. The Bertz CT molecular complexity index is 910. The van der Waals surface area contributed by atoms with Crippen LogP contribution in [-0.4, -0.2) is 38.2 Å². The fourth-order valence-corrected chi connectivity index (χ4v) is 4.25. The van der Waals surface area contributed by atoms with Crippen LogP contribution in [0.25, 0.3) is 0 Å². The Morgan fingerprint density at radius 1 is 0.774 bits per heavy atom. The fourth-order valence-electron chi connectivity index (χ4n) is 4.25. The second-order valence-corrected chi connectivity index (χ2v) is 7.81. The molecule has 3 aromatic rings. The van der Waals surface area contributed by atoms with Crippen molar-refractivity contribution in [3.63, 3.8) is 0 Å². The average molecular weight is 459 g/mol. The molecule has 0 spiro atoms. The second-order valence-electron chi connectivity index (χ2n) is 7.81. The van der Waals surface area contributed by atoms with Crippen LogP contribution in [0.5, 0.6) is 5.75 Å². The first kappa shape index (κ1) is 25.1. The highest BCUT2D eigenvalue weighted by molar-refractivity contribution is 5.85. The normalized spacial score (nSPS) is 14.8. The molecule has 3 aromatic carbocycles. The highest BCUT2D eigenvalue weighted by Crippen LogP contribution is 2.31. The number of hydrogen-bond acceptors (Lipinski definition) is 3. The Kier molecular flexibility index (Phi) is 9.70. The molecule has 1 fully saturated rings. The van der Waals surface area contributed by atoms with E-state index in [2.05, 4.69) is 83.5 Å². The van der Waals surface area contributed by atoms with Crippen molar-refractivity contribution in [2.24, 2.45) is 0 Å². The van der Waals surface area contributed by atoms with Crippen LogP contribution in [0, 0.1) is 6.92 Å². The summed E-state index contributed by atoms with van der Waals surface area (Å²) in [7, 11) is 1.75. The number of aryl methyl sites for hydroxylation is 1. The van der Waals surface area contributed by atoms with Gasteiger partial charge in [0.1, 0.15) is 5.75 Å². The van der Waals surface area contributed by atoms with Crippen LogP contribution in [0.2, 0.25) is 0 Å². The minimum absolute atomic E-state index is 0. The van der Waals surface area contributed by atoms with Crippen LogP contribution in [0.1, 0.15) is 22.7 Å². The van der Waals surface area contributed by atoms with E-state index in [-0.39, 0.29) is 24.8 Å². The number of methoxy groups -OCH3 is 1. The van der Waals surface area contributed by atoms with Crippen LogP contribution in [0.15, 0.2) is 78.9 Å². The van der Waals surface area contributed by atoms with Crippen molar-refractivity contribution < 1.29 is 4.74 Å². The smallest absolute Gasteiger partial charge is 0.142 e. The Balaban J connectivity index is 0.00000171. The first-order valence-corrected chi connectivity index (χ1v) is 10.5. The van der Waals surface area contributed by atoms with E-state index in [1.165, 1.54) is 22.4 Å². The number of benzene rings is 3. The molecule has 166 valence electrons. The molecular formula is C26H32Cl2N2O. The molecule has 1 unspecified atom stereocenters. The van der Waals surface area contributed by atoms with E-state index in [1.807, 2.05) is 12.1 Å². The van der Waals surface area contributed by atoms with Crippen molar-refractivity contribution >= 4 is 30.5 Å². The van der Waals surface area contributed by atoms with Gasteiger partial charge in [-0.05, 0) is 36.6 Å². The highest BCUT2D eigenvalue weighted by Gasteiger charge is 2.26. The van der Waals surface area contributed by atoms with E-state index < -0.39 is 0 Å². The van der Waals surface area contributed by atoms with Crippen molar-refractivity contribution in [2.45, 2.75) is 19.4 Å². The van der Waals surface area contributed by atoms with E-state index in [4.69, 9.17) is 4.74 Å². The average Bonchev–Trinajstić information content (AvgIpc) is 2.79. The van der Waals surface area contributed by atoms with E-state index >= 15 is 0 Å². The molecule has 0 N–H and O–H groups in total. The third-order valence-corrected chi connectivity index (χ3v) is 5.91. The number of halogens is 2. The fraction of sp³-hybridized carbons (Fsp3) is 0.308. The highest BCUT2D eigenvalue weighted by atomic mass is 35.5. The van der Waals surface area contributed by atoms with E-state index in [9.17, 15) is 0 Å². The van der Waals surface area contributed by atoms with Gasteiger partial charge < -0.3 is 9.64 Å². The molecule has 1 aliphatic heterocycles. The largest absolute Gasteiger partial charge is 0.495 e. The molecule has 4 rings (SSSR count). The molecule has 0 aromatic heterocycles. The lowest BCUT2D eigenvalue weighted by molar-refractivity contribution is 0.184. The lowest BCUT2D eigenvalue weighted by atomic mass is 9.96. The van der Waals surface area contributed by atoms with Gasteiger partial charge in [-0.25, -0.2) is 0 Å². The summed E-state index contributed by atoms with van der Waals surface area (Å²) in [5.74, 6) is 0.959. The Hall–Kier alpha value is -2.20.